The van der Waals surface area contributed by atoms with E-state index in [1.165, 1.54) is 23.7 Å². The van der Waals surface area contributed by atoms with Crippen LogP contribution in [0.3, 0.4) is 0 Å². The van der Waals surface area contributed by atoms with Gasteiger partial charge in [-0.1, -0.05) is 24.4 Å². The second-order valence-corrected chi connectivity index (χ2v) is 6.83. The van der Waals surface area contributed by atoms with E-state index in [0.717, 1.165) is 25.3 Å². The molecule has 2 aromatic heterocycles. The Kier molecular flexibility index (Phi) is 4.09. The highest BCUT2D eigenvalue weighted by molar-refractivity contribution is 6.30. The molecule has 4 rings (SSSR count). The van der Waals surface area contributed by atoms with Crippen molar-refractivity contribution in [3.05, 3.63) is 45.5 Å². The molecule has 0 radical (unpaired) electrons. The molecule has 6 heteroatoms. The molecule has 122 valence electrons. The number of morpholine rings is 1. The summed E-state index contributed by atoms with van der Waals surface area (Å²) in [4.78, 5) is 19.4. The normalized spacial score (nSPS) is 25.4. The van der Waals surface area contributed by atoms with Crippen LogP contribution in [0.2, 0.25) is 5.02 Å². The number of nitrogens with zero attached hydrogens (tertiary/aromatic N) is 3. The Balaban J connectivity index is 1.62. The molecule has 23 heavy (non-hydrogen) atoms. The fourth-order valence-corrected chi connectivity index (χ4v) is 3.95. The minimum absolute atomic E-state index is 0.0825. The van der Waals surface area contributed by atoms with E-state index in [9.17, 15) is 4.79 Å². The average Bonchev–Trinajstić information content (AvgIpc) is 2.56. The Morgan fingerprint density at radius 1 is 1.30 bits per heavy atom. The summed E-state index contributed by atoms with van der Waals surface area (Å²) in [6.45, 7) is 2.38. The molecule has 2 atom stereocenters. The Morgan fingerprint density at radius 3 is 3.09 bits per heavy atom. The number of hydrogen-bond donors (Lipinski definition) is 0. The Bertz CT molecular complexity index is 774. The maximum atomic E-state index is 12.3. The highest BCUT2D eigenvalue weighted by Crippen LogP contribution is 2.29. The van der Waals surface area contributed by atoms with Crippen molar-refractivity contribution in [2.24, 2.45) is 0 Å². The molecule has 3 heterocycles. The summed E-state index contributed by atoms with van der Waals surface area (Å²) in [6, 6.07) is 5.63. The van der Waals surface area contributed by atoms with E-state index >= 15 is 0 Å². The van der Waals surface area contributed by atoms with Crippen LogP contribution in [0.1, 0.15) is 31.4 Å². The lowest BCUT2D eigenvalue weighted by Gasteiger charge is -2.43. The van der Waals surface area contributed by atoms with Crippen molar-refractivity contribution in [2.75, 3.05) is 13.2 Å². The minimum atomic E-state index is -0.0825. The van der Waals surface area contributed by atoms with Gasteiger partial charge >= 0.3 is 0 Å². The van der Waals surface area contributed by atoms with Gasteiger partial charge < -0.3 is 4.74 Å². The largest absolute Gasteiger partial charge is 0.375 e. The van der Waals surface area contributed by atoms with Crippen LogP contribution in [-0.4, -0.2) is 39.6 Å². The third kappa shape index (κ3) is 3.01. The van der Waals surface area contributed by atoms with Crippen molar-refractivity contribution in [2.45, 2.75) is 44.4 Å². The topological polar surface area (TPSA) is 46.8 Å². The molecule has 5 nitrogen and oxygen atoms in total. The highest BCUT2D eigenvalue weighted by atomic mass is 35.5. The van der Waals surface area contributed by atoms with E-state index < -0.39 is 0 Å². The SMILES string of the molecule is O=c1cc(CN2CCO[C@@H]3CCCC[C@H]32)nc2ccc(Cl)cn12. The Morgan fingerprint density at radius 2 is 2.17 bits per heavy atom. The van der Waals surface area contributed by atoms with Crippen LogP contribution in [0.5, 0.6) is 0 Å². The number of pyridine rings is 1. The van der Waals surface area contributed by atoms with Gasteiger partial charge in [0, 0.05) is 31.4 Å². The molecule has 0 amide bonds. The van der Waals surface area contributed by atoms with Crippen molar-refractivity contribution in [3.63, 3.8) is 0 Å². The van der Waals surface area contributed by atoms with Crippen LogP contribution in [0, 0.1) is 0 Å². The molecule has 1 aliphatic heterocycles. The number of fused-ring (bicyclic) bond motifs is 2. The molecule has 0 spiro atoms. The molecular formula is C17H20ClN3O2. The maximum Gasteiger partial charge on any atom is 0.258 e. The summed E-state index contributed by atoms with van der Waals surface area (Å²) >= 11 is 5.95. The zero-order valence-electron chi connectivity index (χ0n) is 12.9. The molecule has 2 aromatic rings. The van der Waals surface area contributed by atoms with Crippen molar-refractivity contribution in [3.8, 4) is 0 Å². The van der Waals surface area contributed by atoms with Gasteiger partial charge in [-0.2, -0.15) is 0 Å². The van der Waals surface area contributed by atoms with Crippen LogP contribution in [0.15, 0.2) is 29.2 Å². The zero-order chi connectivity index (χ0) is 15.8. The molecule has 0 unspecified atom stereocenters. The molecular weight excluding hydrogens is 314 g/mol. The first-order valence-corrected chi connectivity index (χ1v) is 8.62. The highest BCUT2D eigenvalue weighted by Gasteiger charge is 2.34. The summed E-state index contributed by atoms with van der Waals surface area (Å²) in [6.07, 6.45) is 6.79. The monoisotopic (exact) mass is 333 g/mol. The van der Waals surface area contributed by atoms with Crippen molar-refractivity contribution in [1.82, 2.24) is 14.3 Å². The lowest BCUT2D eigenvalue weighted by atomic mass is 9.90. The third-order valence-electron chi connectivity index (χ3n) is 4.89. The van der Waals surface area contributed by atoms with Gasteiger partial charge in [-0.15, -0.1) is 0 Å². The fourth-order valence-electron chi connectivity index (χ4n) is 3.79. The first-order chi connectivity index (χ1) is 11.2. The van der Waals surface area contributed by atoms with Gasteiger partial charge in [-0.3, -0.25) is 14.1 Å². The van der Waals surface area contributed by atoms with Crippen LogP contribution in [0.25, 0.3) is 5.65 Å². The van der Waals surface area contributed by atoms with Crippen molar-refractivity contribution >= 4 is 17.2 Å². The number of halogens is 1. The summed E-state index contributed by atoms with van der Waals surface area (Å²) in [5.41, 5.74) is 1.38. The van der Waals surface area contributed by atoms with E-state index in [4.69, 9.17) is 16.3 Å². The number of rotatable bonds is 2. The lowest BCUT2D eigenvalue weighted by molar-refractivity contribution is -0.0914. The molecule has 0 N–H and O–H groups in total. The number of aromatic nitrogens is 2. The predicted molar refractivity (Wildman–Crippen MR) is 88.9 cm³/mol. The minimum Gasteiger partial charge on any atom is -0.375 e. The smallest absolute Gasteiger partial charge is 0.258 e. The lowest BCUT2D eigenvalue weighted by Crippen LogP contribution is -2.52. The van der Waals surface area contributed by atoms with Gasteiger partial charge in [0.25, 0.3) is 5.56 Å². The Labute approximate surface area is 139 Å². The van der Waals surface area contributed by atoms with E-state index in [2.05, 4.69) is 9.88 Å². The molecule has 1 aliphatic carbocycles. The molecule has 2 aliphatic rings. The Hall–Kier alpha value is -1.43. The summed E-state index contributed by atoms with van der Waals surface area (Å²) < 4.78 is 7.41. The molecule has 0 aromatic carbocycles. The molecule has 1 saturated heterocycles. The summed E-state index contributed by atoms with van der Waals surface area (Å²) in [5.74, 6) is 0. The van der Waals surface area contributed by atoms with Gasteiger partial charge in [0.15, 0.2) is 0 Å². The van der Waals surface area contributed by atoms with Crippen molar-refractivity contribution < 1.29 is 4.74 Å². The van der Waals surface area contributed by atoms with Gasteiger partial charge in [0.05, 0.1) is 23.4 Å². The van der Waals surface area contributed by atoms with Crippen molar-refractivity contribution in [1.29, 1.82) is 0 Å². The summed E-state index contributed by atoms with van der Waals surface area (Å²) in [5, 5.41) is 0.535. The first-order valence-electron chi connectivity index (χ1n) is 8.24. The van der Waals surface area contributed by atoms with Gasteiger partial charge in [-0.25, -0.2) is 4.98 Å². The number of ether oxygens (including phenoxy) is 1. The molecule has 0 bridgehead atoms. The molecule has 2 fully saturated rings. The van der Waals surface area contributed by atoms with Crippen LogP contribution in [0.4, 0.5) is 0 Å². The maximum absolute atomic E-state index is 12.3. The van der Waals surface area contributed by atoms with Gasteiger partial charge in [-0.05, 0) is 25.0 Å². The van der Waals surface area contributed by atoms with E-state index in [1.54, 1.807) is 24.4 Å². The average molecular weight is 334 g/mol. The quantitative estimate of drug-likeness (QED) is 0.847. The van der Waals surface area contributed by atoms with E-state index in [0.29, 0.717) is 29.4 Å². The van der Waals surface area contributed by atoms with Gasteiger partial charge in [0.2, 0.25) is 0 Å². The zero-order valence-corrected chi connectivity index (χ0v) is 13.7. The van der Waals surface area contributed by atoms with Gasteiger partial charge in [0.1, 0.15) is 5.65 Å². The van der Waals surface area contributed by atoms with Crippen LogP contribution in [-0.2, 0) is 11.3 Å². The van der Waals surface area contributed by atoms with E-state index in [-0.39, 0.29) is 5.56 Å². The number of hydrogen-bond acceptors (Lipinski definition) is 4. The first kappa shape index (κ1) is 15.1. The van der Waals surface area contributed by atoms with Crippen LogP contribution < -0.4 is 5.56 Å². The standard InChI is InChI=1S/C17H20ClN3O2/c18-12-5-6-16-19-13(9-17(22)21(16)10-12)11-20-7-8-23-15-4-2-1-3-14(15)20/h5-6,9-10,14-15H,1-4,7-8,11H2/t14-,15-/m1/s1. The predicted octanol–water partition coefficient (Wildman–Crippen LogP) is 2.49. The molecule has 1 saturated carbocycles. The third-order valence-corrected chi connectivity index (χ3v) is 5.11. The van der Waals surface area contributed by atoms with E-state index in [1.807, 2.05) is 0 Å². The van der Waals surface area contributed by atoms with Crippen LogP contribution >= 0.6 is 11.6 Å². The second-order valence-electron chi connectivity index (χ2n) is 6.39. The second kappa shape index (κ2) is 6.23. The summed E-state index contributed by atoms with van der Waals surface area (Å²) in [7, 11) is 0. The fraction of sp³-hybridized carbons (Fsp3) is 0.529.